The highest BCUT2D eigenvalue weighted by molar-refractivity contribution is 7.89. The SMILES string of the molecule is COc1ccc(S(=O)(=O)N2CCC(N3CCN(Cc4ccc(F)cc4)C3=O)CC2)cc1. The second kappa shape index (κ2) is 8.84. The number of sulfonamides is 1. The standard InChI is InChI=1S/C22H26FN3O4S/c1-30-20-6-8-21(9-7-20)31(28,29)25-12-10-19(11-13-25)26-15-14-24(22(26)27)16-17-2-4-18(23)5-3-17/h2-9,19H,10-16H2,1H3. The molecule has 4 rings (SSSR count). The molecule has 0 N–H and O–H groups in total. The number of amides is 2. The molecule has 0 atom stereocenters. The third kappa shape index (κ3) is 4.52. The maximum atomic E-state index is 13.1. The van der Waals surface area contributed by atoms with Crippen molar-refractivity contribution in [3.63, 3.8) is 0 Å². The van der Waals surface area contributed by atoms with E-state index in [0.717, 1.165) is 5.56 Å². The highest BCUT2D eigenvalue weighted by Crippen LogP contribution is 2.27. The molecule has 2 aliphatic rings. The molecule has 9 heteroatoms. The van der Waals surface area contributed by atoms with Gasteiger partial charge in [0.2, 0.25) is 10.0 Å². The Kier molecular flexibility index (Phi) is 6.15. The van der Waals surface area contributed by atoms with Gasteiger partial charge in [-0.05, 0) is 54.8 Å². The maximum absolute atomic E-state index is 13.1. The third-order valence-corrected chi connectivity index (χ3v) is 7.89. The molecule has 7 nitrogen and oxygen atoms in total. The Morgan fingerprint density at radius 3 is 2.23 bits per heavy atom. The zero-order valence-corrected chi connectivity index (χ0v) is 18.2. The second-order valence-electron chi connectivity index (χ2n) is 7.83. The summed E-state index contributed by atoms with van der Waals surface area (Å²) in [6.07, 6.45) is 1.21. The van der Waals surface area contributed by atoms with Gasteiger partial charge in [-0.3, -0.25) is 0 Å². The van der Waals surface area contributed by atoms with Crippen molar-refractivity contribution >= 4 is 16.1 Å². The van der Waals surface area contributed by atoms with E-state index in [4.69, 9.17) is 4.74 Å². The van der Waals surface area contributed by atoms with Crippen molar-refractivity contribution in [2.45, 2.75) is 30.3 Å². The van der Waals surface area contributed by atoms with Crippen LogP contribution in [0.5, 0.6) is 5.75 Å². The summed E-state index contributed by atoms with van der Waals surface area (Å²) in [7, 11) is -2.03. The van der Waals surface area contributed by atoms with Gasteiger partial charge < -0.3 is 14.5 Å². The van der Waals surface area contributed by atoms with Gasteiger partial charge in [-0.25, -0.2) is 17.6 Å². The minimum Gasteiger partial charge on any atom is -0.497 e. The van der Waals surface area contributed by atoms with Gasteiger partial charge in [-0.1, -0.05) is 12.1 Å². The normalized spacial score (nSPS) is 18.6. The molecule has 0 unspecified atom stereocenters. The van der Waals surface area contributed by atoms with Crippen molar-refractivity contribution in [1.29, 1.82) is 0 Å². The minimum absolute atomic E-state index is 0.0213. The number of halogens is 1. The van der Waals surface area contributed by atoms with Crippen LogP contribution in [0.25, 0.3) is 0 Å². The van der Waals surface area contributed by atoms with Gasteiger partial charge in [-0.2, -0.15) is 4.31 Å². The predicted molar refractivity (Wildman–Crippen MR) is 114 cm³/mol. The molecule has 0 radical (unpaired) electrons. The minimum atomic E-state index is -3.57. The molecular formula is C22H26FN3O4S. The first-order valence-corrected chi connectivity index (χ1v) is 11.8. The second-order valence-corrected chi connectivity index (χ2v) is 9.77. The predicted octanol–water partition coefficient (Wildman–Crippen LogP) is 2.93. The maximum Gasteiger partial charge on any atom is 0.320 e. The lowest BCUT2D eigenvalue weighted by Gasteiger charge is -2.35. The third-order valence-electron chi connectivity index (χ3n) is 5.98. The topological polar surface area (TPSA) is 70.2 Å². The van der Waals surface area contributed by atoms with E-state index in [2.05, 4.69) is 0 Å². The molecule has 2 fully saturated rings. The Morgan fingerprint density at radius 1 is 0.968 bits per heavy atom. The first kappa shape index (κ1) is 21.6. The number of hydrogen-bond acceptors (Lipinski definition) is 4. The van der Waals surface area contributed by atoms with E-state index < -0.39 is 10.0 Å². The molecule has 2 saturated heterocycles. The molecule has 2 heterocycles. The molecule has 166 valence electrons. The Labute approximate surface area is 182 Å². The number of nitrogens with zero attached hydrogens (tertiary/aromatic N) is 3. The first-order valence-electron chi connectivity index (χ1n) is 10.3. The first-order chi connectivity index (χ1) is 14.9. The number of hydrogen-bond donors (Lipinski definition) is 0. The van der Waals surface area contributed by atoms with Gasteiger partial charge in [0.1, 0.15) is 11.6 Å². The van der Waals surface area contributed by atoms with Gasteiger partial charge >= 0.3 is 6.03 Å². The van der Waals surface area contributed by atoms with Crippen molar-refractivity contribution in [3.05, 3.63) is 59.9 Å². The van der Waals surface area contributed by atoms with Crippen LogP contribution >= 0.6 is 0 Å². The van der Waals surface area contributed by atoms with Crippen molar-refractivity contribution in [2.24, 2.45) is 0 Å². The number of carbonyl (C=O) groups is 1. The fraction of sp³-hybridized carbons (Fsp3) is 0.409. The number of urea groups is 1. The summed E-state index contributed by atoms with van der Waals surface area (Å²) < 4.78 is 45.5. The van der Waals surface area contributed by atoms with E-state index in [9.17, 15) is 17.6 Å². The van der Waals surface area contributed by atoms with Crippen LogP contribution in [-0.2, 0) is 16.6 Å². The van der Waals surface area contributed by atoms with Crippen LogP contribution in [0.1, 0.15) is 18.4 Å². The summed E-state index contributed by atoms with van der Waals surface area (Å²) in [5, 5.41) is 0. The monoisotopic (exact) mass is 447 g/mol. The Hall–Kier alpha value is -2.65. The molecule has 2 aromatic rings. The fourth-order valence-corrected chi connectivity index (χ4v) is 5.66. The lowest BCUT2D eigenvalue weighted by Crippen LogP contribution is -2.47. The van der Waals surface area contributed by atoms with E-state index in [1.54, 1.807) is 41.3 Å². The summed E-state index contributed by atoms with van der Waals surface area (Å²) in [6.45, 7) is 2.43. The summed E-state index contributed by atoms with van der Waals surface area (Å²) in [6, 6.07) is 12.5. The molecule has 2 aliphatic heterocycles. The van der Waals surface area contributed by atoms with Crippen LogP contribution in [0.4, 0.5) is 9.18 Å². The molecule has 0 aliphatic carbocycles. The van der Waals surface area contributed by atoms with Gasteiger partial charge in [-0.15, -0.1) is 0 Å². The Morgan fingerprint density at radius 2 is 1.61 bits per heavy atom. The summed E-state index contributed by atoms with van der Waals surface area (Å²) >= 11 is 0. The molecule has 0 spiro atoms. The van der Waals surface area contributed by atoms with Crippen LogP contribution in [-0.4, -0.2) is 67.9 Å². The number of benzene rings is 2. The van der Waals surface area contributed by atoms with Gasteiger partial charge in [0.05, 0.1) is 12.0 Å². The molecule has 0 aromatic heterocycles. The smallest absolute Gasteiger partial charge is 0.320 e. The van der Waals surface area contributed by atoms with E-state index in [1.165, 1.54) is 23.5 Å². The summed E-state index contributed by atoms with van der Waals surface area (Å²) in [5.74, 6) is 0.310. The zero-order chi connectivity index (χ0) is 22.0. The van der Waals surface area contributed by atoms with Gasteiger partial charge in [0, 0.05) is 38.8 Å². The number of piperidine rings is 1. The van der Waals surface area contributed by atoms with Crippen molar-refractivity contribution in [2.75, 3.05) is 33.3 Å². The molecule has 0 saturated carbocycles. The molecule has 0 bridgehead atoms. The number of carbonyl (C=O) groups excluding carboxylic acids is 1. The fourth-order valence-electron chi connectivity index (χ4n) is 4.19. The highest BCUT2D eigenvalue weighted by Gasteiger charge is 2.37. The summed E-state index contributed by atoms with van der Waals surface area (Å²) in [4.78, 5) is 16.7. The van der Waals surface area contributed by atoms with E-state index in [-0.39, 0.29) is 22.8 Å². The number of rotatable bonds is 6. The van der Waals surface area contributed by atoms with Gasteiger partial charge in [0.15, 0.2) is 0 Å². The van der Waals surface area contributed by atoms with E-state index in [1.807, 2.05) is 4.90 Å². The van der Waals surface area contributed by atoms with E-state index >= 15 is 0 Å². The van der Waals surface area contributed by atoms with Crippen molar-refractivity contribution < 1.29 is 22.3 Å². The average molecular weight is 448 g/mol. The summed E-state index contributed by atoms with van der Waals surface area (Å²) in [5.41, 5.74) is 0.886. The quantitative estimate of drug-likeness (QED) is 0.683. The highest BCUT2D eigenvalue weighted by atomic mass is 32.2. The lowest BCUT2D eigenvalue weighted by atomic mass is 10.1. The van der Waals surface area contributed by atoms with Gasteiger partial charge in [0.25, 0.3) is 0 Å². The molecule has 2 aromatic carbocycles. The average Bonchev–Trinajstić information content (AvgIpc) is 3.15. The molecule has 31 heavy (non-hydrogen) atoms. The largest absolute Gasteiger partial charge is 0.497 e. The van der Waals surface area contributed by atoms with Crippen molar-refractivity contribution in [1.82, 2.24) is 14.1 Å². The lowest BCUT2D eigenvalue weighted by molar-refractivity contribution is 0.153. The number of methoxy groups -OCH3 is 1. The Balaban J connectivity index is 1.35. The van der Waals surface area contributed by atoms with Crippen LogP contribution < -0.4 is 4.74 Å². The Bertz CT molecular complexity index is 1020. The zero-order valence-electron chi connectivity index (χ0n) is 17.4. The molecular weight excluding hydrogens is 421 g/mol. The molecule has 2 amide bonds. The van der Waals surface area contributed by atoms with Crippen LogP contribution in [0.2, 0.25) is 0 Å². The number of ether oxygens (including phenoxy) is 1. The van der Waals surface area contributed by atoms with Crippen LogP contribution in [0.3, 0.4) is 0 Å². The van der Waals surface area contributed by atoms with Crippen LogP contribution in [0, 0.1) is 5.82 Å². The van der Waals surface area contributed by atoms with E-state index in [0.29, 0.717) is 51.3 Å². The van der Waals surface area contributed by atoms with Crippen LogP contribution in [0.15, 0.2) is 53.4 Å². The van der Waals surface area contributed by atoms with Crippen molar-refractivity contribution in [3.8, 4) is 5.75 Å².